The zero-order chi connectivity index (χ0) is 16.7. The summed E-state index contributed by atoms with van der Waals surface area (Å²) in [6.07, 6.45) is 6.32. The molecule has 0 radical (unpaired) electrons. The van der Waals surface area contributed by atoms with E-state index in [4.69, 9.17) is 0 Å². The maximum Gasteiger partial charge on any atom is 0.159 e. The summed E-state index contributed by atoms with van der Waals surface area (Å²) in [6.45, 7) is 6.35. The third kappa shape index (κ3) is 5.84. The molecule has 0 heterocycles. The van der Waals surface area contributed by atoms with Crippen molar-refractivity contribution in [3.05, 3.63) is 89.1 Å². The summed E-state index contributed by atoms with van der Waals surface area (Å²) >= 11 is 0. The lowest BCUT2D eigenvalue weighted by Crippen LogP contribution is -2.26. The molecule has 118 valence electrons. The second-order valence-corrected chi connectivity index (χ2v) is 11.2. The van der Waals surface area contributed by atoms with Crippen LogP contribution in [0.5, 0.6) is 0 Å². The zero-order valence-electron chi connectivity index (χ0n) is 14.1. The lowest BCUT2D eigenvalue weighted by molar-refractivity contribution is 0.101. The van der Waals surface area contributed by atoms with Gasteiger partial charge in [-0.2, -0.15) is 0 Å². The summed E-state index contributed by atoms with van der Waals surface area (Å²) in [5.74, 6) is 0.106. The number of carbonyl (C=O) groups is 1. The molecule has 0 unspecified atom stereocenters. The molecule has 0 aromatic heterocycles. The minimum absolute atomic E-state index is 0.106. The Kier molecular flexibility index (Phi) is 5.88. The Bertz CT molecular complexity index is 694. The molecule has 23 heavy (non-hydrogen) atoms. The van der Waals surface area contributed by atoms with Crippen molar-refractivity contribution in [2.75, 3.05) is 0 Å². The van der Waals surface area contributed by atoms with Gasteiger partial charge >= 0.3 is 0 Å². The van der Waals surface area contributed by atoms with Crippen LogP contribution in [0, 0.1) is 0 Å². The van der Waals surface area contributed by atoms with Crippen molar-refractivity contribution < 1.29 is 4.79 Å². The molecule has 0 spiro atoms. The van der Waals surface area contributed by atoms with Crippen LogP contribution in [-0.4, -0.2) is 13.9 Å². The number of hydrogen-bond donors (Lipinski definition) is 0. The first-order chi connectivity index (χ1) is 11.0. The van der Waals surface area contributed by atoms with Gasteiger partial charge in [0.15, 0.2) is 5.78 Å². The minimum Gasteiger partial charge on any atom is -0.295 e. The maximum atomic E-state index is 11.3. The highest BCUT2D eigenvalue weighted by Crippen LogP contribution is 2.13. The van der Waals surface area contributed by atoms with Gasteiger partial charge in [0, 0.05) is 5.56 Å². The molecule has 0 aliphatic carbocycles. The van der Waals surface area contributed by atoms with Crippen LogP contribution in [0.2, 0.25) is 13.1 Å². The van der Waals surface area contributed by atoms with Crippen LogP contribution in [0.3, 0.4) is 0 Å². The minimum atomic E-state index is -1.38. The van der Waals surface area contributed by atoms with Crippen molar-refractivity contribution in [2.24, 2.45) is 0 Å². The summed E-state index contributed by atoms with van der Waals surface area (Å²) in [5, 5.41) is 0. The smallest absolute Gasteiger partial charge is 0.159 e. The Morgan fingerprint density at radius 3 is 2.22 bits per heavy atom. The monoisotopic (exact) mass is 320 g/mol. The molecule has 2 rings (SSSR count). The number of allylic oxidation sites excluding steroid dienone is 2. The summed E-state index contributed by atoms with van der Waals surface area (Å²) in [5.41, 5.74) is 5.66. The van der Waals surface area contributed by atoms with Gasteiger partial charge in [0.2, 0.25) is 0 Å². The highest BCUT2D eigenvalue weighted by atomic mass is 28.3. The normalized spacial score (nSPS) is 12.1. The first kappa shape index (κ1) is 17.2. The van der Waals surface area contributed by atoms with Crippen LogP contribution in [0.15, 0.2) is 72.4 Å². The third-order valence-electron chi connectivity index (χ3n) is 3.77. The number of carbonyl (C=O) groups excluding carboxylic acids is 1. The molecule has 0 aliphatic rings. The Labute approximate surface area is 140 Å². The van der Waals surface area contributed by atoms with Crippen LogP contribution in [-0.2, 0) is 6.04 Å². The number of rotatable bonds is 6. The molecule has 0 fully saturated rings. The lowest BCUT2D eigenvalue weighted by atomic mass is 10.1. The molecule has 0 N–H and O–H groups in total. The van der Waals surface area contributed by atoms with Crippen LogP contribution < -0.4 is 0 Å². The van der Waals surface area contributed by atoms with Crippen molar-refractivity contribution in [1.82, 2.24) is 0 Å². The molecule has 0 aliphatic heterocycles. The van der Waals surface area contributed by atoms with Crippen molar-refractivity contribution in [2.45, 2.75) is 26.1 Å². The SMILES string of the molecule is CC(=O)c1ccc(/C=C/C=C/[Si](C)(C)Cc2ccccc2)cc1. The van der Waals surface area contributed by atoms with E-state index in [0.717, 1.165) is 17.2 Å². The summed E-state index contributed by atoms with van der Waals surface area (Å²) in [6, 6.07) is 19.5. The van der Waals surface area contributed by atoms with Gasteiger partial charge in [-0.05, 0) is 18.5 Å². The third-order valence-corrected chi connectivity index (χ3v) is 6.18. The lowest BCUT2D eigenvalue weighted by Gasteiger charge is -2.17. The van der Waals surface area contributed by atoms with Crippen molar-refractivity contribution >= 4 is 19.9 Å². The largest absolute Gasteiger partial charge is 0.295 e. The second kappa shape index (κ2) is 7.89. The summed E-state index contributed by atoms with van der Waals surface area (Å²) < 4.78 is 0. The zero-order valence-corrected chi connectivity index (χ0v) is 15.1. The van der Waals surface area contributed by atoms with Gasteiger partial charge in [-0.1, -0.05) is 97.2 Å². The van der Waals surface area contributed by atoms with Crippen molar-refractivity contribution in [1.29, 1.82) is 0 Å². The van der Waals surface area contributed by atoms with Gasteiger partial charge in [-0.3, -0.25) is 4.79 Å². The molecule has 1 nitrogen and oxygen atoms in total. The molecule has 2 aromatic rings. The first-order valence-corrected chi connectivity index (χ1v) is 11.3. The topological polar surface area (TPSA) is 17.1 Å². The van der Waals surface area contributed by atoms with E-state index in [1.54, 1.807) is 6.92 Å². The molecule has 2 heteroatoms. The Hall–Kier alpha value is -2.19. The number of Topliss-reactive ketones (excluding diaryl/α,β-unsaturated/α-hetero) is 1. The van der Waals surface area contributed by atoms with Crippen LogP contribution in [0.4, 0.5) is 0 Å². The molecular weight excluding hydrogens is 296 g/mol. The summed E-state index contributed by atoms with van der Waals surface area (Å²) in [4.78, 5) is 11.3. The average molecular weight is 321 g/mol. The molecule has 2 aromatic carbocycles. The molecule has 0 saturated heterocycles. The van der Waals surface area contributed by atoms with Gasteiger partial charge in [-0.15, -0.1) is 0 Å². The molecule has 0 amide bonds. The number of ketones is 1. The van der Waals surface area contributed by atoms with E-state index in [0.29, 0.717) is 0 Å². The van der Waals surface area contributed by atoms with Crippen LogP contribution in [0.25, 0.3) is 6.08 Å². The van der Waals surface area contributed by atoms with E-state index >= 15 is 0 Å². The molecule has 0 saturated carbocycles. The highest BCUT2D eigenvalue weighted by molar-refractivity contribution is 6.81. The first-order valence-electron chi connectivity index (χ1n) is 7.97. The quantitative estimate of drug-likeness (QED) is 0.391. The van der Waals surface area contributed by atoms with Crippen LogP contribution in [0.1, 0.15) is 28.4 Å². The second-order valence-electron chi connectivity index (χ2n) is 6.55. The van der Waals surface area contributed by atoms with Crippen molar-refractivity contribution in [3.8, 4) is 0 Å². The van der Waals surface area contributed by atoms with E-state index in [9.17, 15) is 4.79 Å². The number of benzene rings is 2. The fourth-order valence-electron chi connectivity index (χ4n) is 2.49. The van der Waals surface area contributed by atoms with Gasteiger partial charge in [-0.25, -0.2) is 0 Å². The van der Waals surface area contributed by atoms with Gasteiger partial charge in [0.25, 0.3) is 0 Å². The Morgan fingerprint density at radius 2 is 1.61 bits per heavy atom. The maximum absolute atomic E-state index is 11.3. The van der Waals surface area contributed by atoms with Crippen molar-refractivity contribution in [3.63, 3.8) is 0 Å². The standard InChI is InChI=1S/C21H24OSi/c1-18(22)21-14-12-19(13-15-21)9-7-8-16-23(2,3)17-20-10-5-4-6-11-20/h4-16H,17H2,1-3H3/b9-7+,16-8+. The van der Waals surface area contributed by atoms with E-state index in [2.05, 4.69) is 67.4 Å². The van der Waals surface area contributed by atoms with E-state index in [1.165, 1.54) is 5.56 Å². The number of hydrogen-bond acceptors (Lipinski definition) is 1. The highest BCUT2D eigenvalue weighted by Gasteiger charge is 2.16. The van der Waals surface area contributed by atoms with Gasteiger partial charge in [0.1, 0.15) is 0 Å². The molecular formula is C21H24OSi. The van der Waals surface area contributed by atoms with Gasteiger partial charge < -0.3 is 0 Å². The fraction of sp³-hybridized carbons (Fsp3) is 0.190. The van der Waals surface area contributed by atoms with E-state index < -0.39 is 8.07 Å². The Balaban J connectivity index is 1.95. The van der Waals surface area contributed by atoms with E-state index in [-0.39, 0.29) is 5.78 Å². The fourth-order valence-corrected chi connectivity index (χ4v) is 4.53. The molecule has 0 bridgehead atoms. The molecule has 0 atom stereocenters. The summed E-state index contributed by atoms with van der Waals surface area (Å²) in [7, 11) is -1.38. The van der Waals surface area contributed by atoms with Crippen LogP contribution >= 0.6 is 0 Å². The van der Waals surface area contributed by atoms with Gasteiger partial charge in [0.05, 0.1) is 8.07 Å². The predicted molar refractivity (Wildman–Crippen MR) is 102 cm³/mol. The average Bonchev–Trinajstić information content (AvgIpc) is 2.52. The van der Waals surface area contributed by atoms with E-state index in [1.807, 2.05) is 24.3 Å². The predicted octanol–water partition coefficient (Wildman–Crippen LogP) is 5.49. The Morgan fingerprint density at radius 1 is 0.957 bits per heavy atom.